The largest absolute Gasteiger partial charge is 0.373 e. The summed E-state index contributed by atoms with van der Waals surface area (Å²) in [7, 11) is 1.65. The van der Waals surface area contributed by atoms with E-state index in [0.29, 0.717) is 11.6 Å². The highest BCUT2D eigenvalue weighted by atomic mass is 16.5. The molecule has 1 rings (SSSR count). The molecule has 0 saturated heterocycles. The Balaban J connectivity index is 3.01. The number of anilines is 1. The molecule has 0 fully saturated rings. The third kappa shape index (κ3) is 2.40. The molecule has 3 N–H and O–H groups in total. The van der Waals surface area contributed by atoms with E-state index < -0.39 is 0 Å². The minimum absolute atomic E-state index is 0.0676. The van der Waals surface area contributed by atoms with E-state index in [-0.39, 0.29) is 6.10 Å². The first kappa shape index (κ1) is 10.9. The zero-order valence-corrected chi connectivity index (χ0v) is 8.74. The number of ether oxygens (including phenoxy) is 1. The summed E-state index contributed by atoms with van der Waals surface area (Å²) in [5.41, 5.74) is 3.38. The van der Waals surface area contributed by atoms with Gasteiger partial charge < -0.3 is 10.2 Å². The molecule has 14 heavy (non-hydrogen) atoms. The van der Waals surface area contributed by atoms with Crippen LogP contribution in [0.5, 0.6) is 0 Å². The summed E-state index contributed by atoms with van der Waals surface area (Å²) >= 11 is 0. The molecule has 0 bridgehead atoms. The molecule has 0 aliphatic rings. The number of hydrogen-bond acceptors (Lipinski definition) is 5. The van der Waals surface area contributed by atoms with E-state index >= 15 is 0 Å². The lowest BCUT2D eigenvalue weighted by molar-refractivity contribution is 0.0925. The van der Waals surface area contributed by atoms with Gasteiger partial charge in [0.05, 0.1) is 0 Å². The van der Waals surface area contributed by atoms with Crippen LogP contribution in [0, 0.1) is 6.92 Å². The molecular weight excluding hydrogens is 180 g/mol. The maximum atomic E-state index is 5.29. The van der Waals surface area contributed by atoms with Gasteiger partial charge in [0.25, 0.3) is 0 Å². The van der Waals surface area contributed by atoms with E-state index in [2.05, 4.69) is 15.4 Å². The molecule has 0 spiro atoms. The molecule has 1 heterocycles. The number of nitrogens with zero attached hydrogens (tertiary/aromatic N) is 2. The van der Waals surface area contributed by atoms with Crippen molar-refractivity contribution in [3.8, 4) is 0 Å². The molecule has 0 aliphatic heterocycles. The monoisotopic (exact) mass is 196 g/mol. The molecule has 78 valence electrons. The zero-order valence-electron chi connectivity index (χ0n) is 8.74. The Morgan fingerprint density at radius 3 is 2.79 bits per heavy atom. The molecule has 0 aliphatic carbocycles. The molecule has 1 aromatic rings. The highest BCUT2D eigenvalue weighted by Gasteiger charge is 2.12. The zero-order chi connectivity index (χ0) is 10.6. The van der Waals surface area contributed by atoms with Crippen LogP contribution in [-0.2, 0) is 4.74 Å². The highest BCUT2D eigenvalue weighted by molar-refractivity contribution is 5.34. The van der Waals surface area contributed by atoms with E-state index in [4.69, 9.17) is 10.6 Å². The first-order valence-electron chi connectivity index (χ1n) is 4.56. The van der Waals surface area contributed by atoms with Crippen LogP contribution in [0.4, 0.5) is 5.82 Å². The van der Waals surface area contributed by atoms with Gasteiger partial charge in [-0.15, -0.1) is 0 Å². The number of nitrogens with one attached hydrogen (secondary N) is 1. The summed E-state index contributed by atoms with van der Waals surface area (Å²) in [5.74, 6) is 6.57. The molecule has 0 saturated carbocycles. The van der Waals surface area contributed by atoms with Crippen LogP contribution >= 0.6 is 0 Å². The van der Waals surface area contributed by atoms with Gasteiger partial charge in [-0.1, -0.05) is 6.92 Å². The van der Waals surface area contributed by atoms with Crippen LogP contribution in [0.3, 0.4) is 0 Å². The van der Waals surface area contributed by atoms with Crippen LogP contribution in [-0.4, -0.2) is 17.1 Å². The fourth-order valence-electron chi connectivity index (χ4n) is 1.26. The molecule has 1 unspecified atom stereocenters. The minimum Gasteiger partial charge on any atom is -0.373 e. The normalized spacial score (nSPS) is 12.6. The smallest absolute Gasteiger partial charge is 0.159 e. The second-order valence-corrected chi connectivity index (χ2v) is 3.03. The number of nitrogen functional groups attached to an aromatic ring is 1. The number of hydrazine groups is 1. The van der Waals surface area contributed by atoms with Gasteiger partial charge >= 0.3 is 0 Å². The van der Waals surface area contributed by atoms with Crippen LogP contribution in [0.25, 0.3) is 0 Å². The molecular formula is C9H16N4O. The van der Waals surface area contributed by atoms with Crippen molar-refractivity contribution in [1.29, 1.82) is 0 Å². The van der Waals surface area contributed by atoms with Crippen molar-refractivity contribution in [2.75, 3.05) is 12.5 Å². The summed E-state index contributed by atoms with van der Waals surface area (Å²) in [4.78, 5) is 8.51. The van der Waals surface area contributed by atoms with Crippen molar-refractivity contribution in [2.45, 2.75) is 26.4 Å². The molecule has 0 amide bonds. The predicted octanol–water partition coefficient (Wildman–Crippen LogP) is 1.17. The van der Waals surface area contributed by atoms with Crippen LogP contribution < -0.4 is 11.3 Å². The van der Waals surface area contributed by atoms with Gasteiger partial charge in [-0.05, 0) is 13.3 Å². The van der Waals surface area contributed by atoms with Gasteiger partial charge in [0.2, 0.25) is 0 Å². The van der Waals surface area contributed by atoms with Gasteiger partial charge in [0, 0.05) is 18.9 Å². The van der Waals surface area contributed by atoms with E-state index in [0.717, 1.165) is 12.1 Å². The Morgan fingerprint density at radius 2 is 2.29 bits per heavy atom. The fraction of sp³-hybridized carbons (Fsp3) is 0.556. The number of rotatable bonds is 4. The fourth-order valence-corrected chi connectivity index (χ4v) is 1.26. The molecule has 5 nitrogen and oxygen atoms in total. The average molecular weight is 196 g/mol. The van der Waals surface area contributed by atoms with Crippen molar-refractivity contribution in [3.63, 3.8) is 0 Å². The van der Waals surface area contributed by atoms with Gasteiger partial charge in [0.15, 0.2) is 5.82 Å². The second-order valence-electron chi connectivity index (χ2n) is 3.03. The quantitative estimate of drug-likeness (QED) is 0.558. The Labute approximate surface area is 83.7 Å². The van der Waals surface area contributed by atoms with E-state index in [1.807, 2.05) is 13.8 Å². The van der Waals surface area contributed by atoms with Crippen LogP contribution in [0.15, 0.2) is 6.07 Å². The lowest BCUT2D eigenvalue weighted by atomic mass is 10.2. The van der Waals surface area contributed by atoms with Gasteiger partial charge in [-0.2, -0.15) is 0 Å². The van der Waals surface area contributed by atoms with E-state index in [1.165, 1.54) is 0 Å². The van der Waals surface area contributed by atoms with Crippen molar-refractivity contribution >= 4 is 5.82 Å². The summed E-state index contributed by atoms with van der Waals surface area (Å²) in [5, 5.41) is 0. The average Bonchev–Trinajstić information content (AvgIpc) is 2.19. The third-order valence-corrected chi connectivity index (χ3v) is 1.96. The number of hydrogen-bond donors (Lipinski definition) is 2. The maximum Gasteiger partial charge on any atom is 0.159 e. The Hall–Kier alpha value is -1.20. The standard InChI is InChI=1S/C9H16N4O/c1-4-7(14-3)9-11-6(2)5-8(12-9)13-10/h5,7H,4,10H2,1-3H3,(H,11,12,13). The topological polar surface area (TPSA) is 73.1 Å². The van der Waals surface area contributed by atoms with Crippen LogP contribution in [0.1, 0.15) is 31.0 Å². The second kappa shape index (κ2) is 4.88. The maximum absolute atomic E-state index is 5.29. The summed E-state index contributed by atoms with van der Waals surface area (Å²) in [6.45, 7) is 3.92. The lowest BCUT2D eigenvalue weighted by Gasteiger charge is -2.12. The summed E-state index contributed by atoms with van der Waals surface area (Å²) in [6.07, 6.45) is 0.770. The Kier molecular flexibility index (Phi) is 3.79. The van der Waals surface area contributed by atoms with Crippen molar-refractivity contribution in [2.24, 2.45) is 5.84 Å². The summed E-state index contributed by atoms with van der Waals surface area (Å²) < 4.78 is 5.25. The highest BCUT2D eigenvalue weighted by Crippen LogP contribution is 2.17. The minimum atomic E-state index is -0.0676. The van der Waals surface area contributed by atoms with Crippen LogP contribution in [0.2, 0.25) is 0 Å². The van der Waals surface area contributed by atoms with Gasteiger partial charge in [-0.25, -0.2) is 15.8 Å². The molecule has 1 atom stereocenters. The number of nitrogens with two attached hydrogens (primary N) is 1. The number of methoxy groups -OCH3 is 1. The van der Waals surface area contributed by atoms with E-state index in [9.17, 15) is 0 Å². The Bertz CT molecular complexity index is 299. The SMILES string of the molecule is CCC(OC)c1nc(C)cc(NN)n1. The van der Waals surface area contributed by atoms with Gasteiger partial charge in [-0.3, -0.25) is 0 Å². The lowest BCUT2D eigenvalue weighted by Crippen LogP contribution is -2.13. The molecule has 0 aromatic carbocycles. The molecule has 0 radical (unpaired) electrons. The van der Waals surface area contributed by atoms with Crippen molar-refractivity contribution in [3.05, 3.63) is 17.6 Å². The number of aryl methyl sites for hydroxylation is 1. The first-order chi connectivity index (χ1) is 6.71. The van der Waals surface area contributed by atoms with Crippen molar-refractivity contribution in [1.82, 2.24) is 9.97 Å². The van der Waals surface area contributed by atoms with E-state index in [1.54, 1.807) is 13.2 Å². The number of aromatic nitrogens is 2. The summed E-state index contributed by atoms with van der Waals surface area (Å²) in [6, 6.07) is 1.78. The molecule has 5 heteroatoms. The molecule has 1 aromatic heterocycles. The van der Waals surface area contributed by atoms with Gasteiger partial charge in [0.1, 0.15) is 11.9 Å². The predicted molar refractivity (Wildman–Crippen MR) is 54.6 cm³/mol. The Morgan fingerprint density at radius 1 is 1.57 bits per heavy atom. The first-order valence-corrected chi connectivity index (χ1v) is 4.56. The van der Waals surface area contributed by atoms with Crippen molar-refractivity contribution < 1.29 is 4.74 Å². The third-order valence-electron chi connectivity index (χ3n) is 1.96.